The fraction of sp³-hybridized carbons (Fsp3) is 0.375. The summed E-state index contributed by atoms with van der Waals surface area (Å²) in [6.07, 6.45) is 3.11. The van der Waals surface area contributed by atoms with Gasteiger partial charge in [0.2, 0.25) is 0 Å². The van der Waals surface area contributed by atoms with E-state index in [4.69, 9.17) is 4.74 Å². The van der Waals surface area contributed by atoms with Crippen LogP contribution in [0, 0.1) is 0 Å². The monoisotopic (exact) mass is 301 g/mol. The summed E-state index contributed by atoms with van der Waals surface area (Å²) in [4.78, 5) is 28.1. The summed E-state index contributed by atoms with van der Waals surface area (Å²) in [5.74, 6) is -0.278. The van der Waals surface area contributed by atoms with Crippen LogP contribution in [0.2, 0.25) is 0 Å². The number of imidazole rings is 1. The molecule has 0 radical (unpaired) electrons. The van der Waals surface area contributed by atoms with Crippen LogP contribution in [-0.2, 0) is 10.2 Å². The van der Waals surface area contributed by atoms with E-state index in [1.807, 2.05) is 18.2 Å². The van der Waals surface area contributed by atoms with Crippen molar-refractivity contribution in [1.29, 1.82) is 0 Å². The Morgan fingerprint density at radius 1 is 1.23 bits per heavy atom. The summed E-state index contributed by atoms with van der Waals surface area (Å²) in [5, 5.41) is 2.94. The Morgan fingerprint density at radius 3 is 2.59 bits per heavy atom. The van der Waals surface area contributed by atoms with Crippen LogP contribution in [0.15, 0.2) is 41.3 Å². The lowest BCUT2D eigenvalue weighted by Gasteiger charge is -2.37. The summed E-state index contributed by atoms with van der Waals surface area (Å²) < 4.78 is 5.48. The van der Waals surface area contributed by atoms with Crippen molar-refractivity contribution in [1.82, 2.24) is 15.3 Å². The molecule has 1 amide bonds. The Kier molecular flexibility index (Phi) is 4.11. The number of aromatic amines is 2. The second-order valence-electron chi connectivity index (χ2n) is 5.60. The lowest BCUT2D eigenvalue weighted by molar-refractivity contribution is 0.0487. The lowest BCUT2D eigenvalue weighted by atomic mass is 9.74. The Morgan fingerprint density at radius 2 is 1.95 bits per heavy atom. The first-order valence-electron chi connectivity index (χ1n) is 7.39. The van der Waals surface area contributed by atoms with E-state index in [9.17, 15) is 9.59 Å². The Balaban J connectivity index is 1.76. The van der Waals surface area contributed by atoms with E-state index in [1.54, 1.807) is 0 Å². The van der Waals surface area contributed by atoms with E-state index in [1.165, 1.54) is 11.8 Å². The normalized spacial score (nSPS) is 17.1. The van der Waals surface area contributed by atoms with Crippen LogP contribution in [0.1, 0.15) is 28.9 Å². The number of aromatic nitrogens is 2. The topological polar surface area (TPSA) is 87.0 Å². The van der Waals surface area contributed by atoms with Crippen LogP contribution in [-0.4, -0.2) is 35.6 Å². The molecule has 3 rings (SSSR count). The zero-order valence-corrected chi connectivity index (χ0v) is 12.2. The summed E-state index contributed by atoms with van der Waals surface area (Å²) >= 11 is 0. The van der Waals surface area contributed by atoms with E-state index in [0.717, 1.165) is 12.8 Å². The molecule has 0 aliphatic carbocycles. The summed E-state index contributed by atoms with van der Waals surface area (Å²) in [7, 11) is 0. The van der Waals surface area contributed by atoms with Crippen molar-refractivity contribution < 1.29 is 9.53 Å². The van der Waals surface area contributed by atoms with Gasteiger partial charge in [0.1, 0.15) is 5.69 Å². The van der Waals surface area contributed by atoms with Gasteiger partial charge in [-0.25, -0.2) is 4.79 Å². The number of rotatable bonds is 4. The summed E-state index contributed by atoms with van der Waals surface area (Å²) in [6, 6.07) is 10.2. The number of ether oxygens (including phenoxy) is 1. The van der Waals surface area contributed by atoms with E-state index in [0.29, 0.717) is 19.8 Å². The quantitative estimate of drug-likeness (QED) is 0.792. The van der Waals surface area contributed by atoms with Gasteiger partial charge in [-0.2, -0.15) is 0 Å². The van der Waals surface area contributed by atoms with Crippen LogP contribution in [0.5, 0.6) is 0 Å². The number of carbonyl (C=O) groups is 1. The molecule has 1 aliphatic heterocycles. The zero-order chi connectivity index (χ0) is 15.4. The molecule has 1 aliphatic rings. The Bertz CT molecular complexity index is 684. The second-order valence-corrected chi connectivity index (χ2v) is 5.60. The van der Waals surface area contributed by atoms with Gasteiger partial charge >= 0.3 is 5.69 Å². The highest BCUT2D eigenvalue weighted by Crippen LogP contribution is 2.34. The van der Waals surface area contributed by atoms with Crippen molar-refractivity contribution in [2.75, 3.05) is 19.8 Å². The molecule has 1 aromatic heterocycles. The molecule has 1 aromatic carbocycles. The highest BCUT2D eigenvalue weighted by Gasteiger charge is 2.34. The molecule has 1 fully saturated rings. The predicted octanol–water partition coefficient (Wildman–Crippen LogP) is 1.18. The molecule has 6 heteroatoms. The molecule has 0 spiro atoms. The zero-order valence-electron chi connectivity index (χ0n) is 12.2. The Labute approximate surface area is 127 Å². The molecule has 0 saturated carbocycles. The maximum atomic E-state index is 12.1. The third-order valence-corrected chi connectivity index (χ3v) is 4.26. The number of H-pyrrole nitrogens is 2. The van der Waals surface area contributed by atoms with Crippen molar-refractivity contribution in [3.8, 4) is 0 Å². The van der Waals surface area contributed by atoms with Crippen molar-refractivity contribution in [2.24, 2.45) is 0 Å². The summed E-state index contributed by atoms with van der Waals surface area (Å²) in [5.41, 5.74) is 0.960. The van der Waals surface area contributed by atoms with E-state index < -0.39 is 0 Å². The van der Waals surface area contributed by atoms with E-state index >= 15 is 0 Å². The standard InChI is InChI=1S/C16H19N3O3/c20-14(13-10-17-15(21)19-13)18-11-16(6-8-22-9-7-16)12-4-2-1-3-5-12/h1-5,10H,6-9,11H2,(H,18,20)(H2,17,19,21). The van der Waals surface area contributed by atoms with Gasteiger partial charge in [0.15, 0.2) is 0 Å². The minimum atomic E-state index is -0.381. The number of nitrogens with one attached hydrogen (secondary N) is 3. The predicted molar refractivity (Wildman–Crippen MR) is 81.9 cm³/mol. The van der Waals surface area contributed by atoms with Gasteiger partial charge in [0.25, 0.3) is 5.91 Å². The fourth-order valence-corrected chi connectivity index (χ4v) is 2.92. The molecule has 0 unspecified atom stereocenters. The fourth-order valence-electron chi connectivity index (χ4n) is 2.92. The molecule has 3 N–H and O–H groups in total. The van der Waals surface area contributed by atoms with Gasteiger partial charge in [-0.1, -0.05) is 30.3 Å². The van der Waals surface area contributed by atoms with E-state index in [2.05, 4.69) is 27.4 Å². The number of amides is 1. The van der Waals surface area contributed by atoms with E-state index in [-0.39, 0.29) is 22.7 Å². The molecule has 116 valence electrons. The third kappa shape index (κ3) is 2.96. The molecule has 6 nitrogen and oxygen atoms in total. The van der Waals surface area contributed by atoms with Crippen LogP contribution >= 0.6 is 0 Å². The van der Waals surface area contributed by atoms with Crippen LogP contribution in [0.3, 0.4) is 0 Å². The maximum Gasteiger partial charge on any atom is 0.323 e. The highest BCUT2D eigenvalue weighted by molar-refractivity contribution is 5.92. The molecule has 22 heavy (non-hydrogen) atoms. The first-order valence-corrected chi connectivity index (χ1v) is 7.39. The van der Waals surface area contributed by atoms with Crippen molar-refractivity contribution in [2.45, 2.75) is 18.3 Å². The maximum absolute atomic E-state index is 12.1. The van der Waals surface area contributed by atoms with Gasteiger partial charge in [0, 0.05) is 31.4 Å². The molecular weight excluding hydrogens is 282 g/mol. The van der Waals surface area contributed by atoms with Crippen molar-refractivity contribution in [3.05, 3.63) is 58.3 Å². The van der Waals surface area contributed by atoms with Gasteiger partial charge in [-0.05, 0) is 18.4 Å². The lowest BCUT2D eigenvalue weighted by Crippen LogP contribution is -2.44. The number of benzene rings is 1. The average molecular weight is 301 g/mol. The van der Waals surface area contributed by atoms with Gasteiger partial charge < -0.3 is 20.0 Å². The summed E-state index contributed by atoms with van der Waals surface area (Å²) in [6.45, 7) is 1.89. The number of hydrogen-bond donors (Lipinski definition) is 3. The van der Waals surface area contributed by atoms with Gasteiger partial charge in [-0.3, -0.25) is 4.79 Å². The van der Waals surface area contributed by atoms with Crippen LogP contribution < -0.4 is 11.0 Å². The Hall–Kier alpha value is -2.34. The minimum Gasteiger partial charge on any atom is -0.381 e. The minimum absolute atomic E-state index is 0.119. The molecule has 2 heterocycles. The van der Waals surface area contributed by atoms with Crippen molar-refractivity contribution >= 4 is 5.91 Å². The van der Waals surface area contributed by atoms with Gasteiger partial charge in [-0.15, -0.1) is 0 Å². The molecule has 0 bridgehead atoms. The number of carbonyl (C=O) groups excluding carboxylic acids is 1. The molecular formula is C16H19N3O3. The highest BCUT2D eigenvalue weighted by atomic mass is 16.5. The second kappa shape index (κ2) is 6.19. The third-order valence-electron chi connectivity index (χ3n) is 4.26. The largest absolute Gasteiger partial charge is 0.381 e. The molecule has 1 saturated heterocycles. The molecule has 0 atom stereocenters. The van der Waals surface area contributed by atoms with Crippen LogP contribution in [0.4, 0.5) is 0 Å². The van der Waals surface area contributed by atoms with Crippen molar-refractivity contribution in [3.63, 3.8) is 0 Å². The SMILES string of the molecule is O=C(NCC1(c2ccccc2)CCOCC1)c1c[nH]c(=O)[nH]1. The molecule has 2 aromatic rings. The number of hydrogen-bond acceptors (Lipinski definition) is 3. The van der Waals surface area contributed by atoms with Gasteiger partial charge in [0.05, 0.1) is 0 Å². The smallest absolute Gasteiger partial charge is 0.323 e. The van der Waals surface area contributed by atoms with Crippen LogP contribution in [0.25, 0.3) is 0 Å². The first-order chi connectivity index (χ1) is 10.7. The average Bonchev–Trinajstić information content (AvgIpc) is 3.01. The first kappa shape index (κ1) is 14.6.